The normalized spacial score (nSPS) is 11.2. The monoisotopic (exact) mass is 343 g/mol. The van der Waals surface area contributed by atoms with Crippen molar-refractivity contribution in [3.8, 4) is 0 Å². The van der Waals surface area contributed by atoms with Gasteiger partial charge in [-0.3, -0.25) is 13.7 Å². The third-order valence-corrected chi connectivity index (χ3v) is 2.68. The van der Waals surface area contributed by atoms with Crippen LogP contribution in [0.4, 0.5) is 0 Å². The van der Waals surface area contributed by atoms with E-state index >= 15 is 0 Å². The van der Waals surface area contributed by atoms with E-state index in [2.05, 4.69) is 27.7 Å². The quantitative estimate of drug-likeness (QED) is 0.343. The fourth-order valence-electron chi connectivity index (χ4n) is 1.34. The Morgan fingerprint density at radius 1 is 0.800 bits per heavy atom. The van der Waals surface area contributed by atoms with E-state index in [4.69, 9.17) is 35.0 Å². The van der Waals surface area contributed by atoms with Crippen LogP contribution in [0, 0.1) is 0 Å². The molecular formula is C8H25NO9S2. The number of hydrogen-bond acceptors (Lipinski definition) is 5. The Labute approximate surface area is 120 Å². The summed E-state index contributed by atoms with van der Waals surface area (Å²) in [5.41, 5.74) is 0. The molecule has 0 spiro atoms. The zero-order valence-corrected chi connectivity index (χ0v) is 13.6. The van der Waals surface area contributed by atoms with Crippen LogP contribution in [0.5, 0.6) is 0 Å². The van der Waals surface area contributed by atoms with E-state index in [9.17, 15) is 0 Å². The lowest BCUT2D eigenvalue weighted by atomic mass is 10.3. The van der Waals surface area contributed by atoms with Gasteiger partial charge in [0.05, 0.1) is 26.2 Å². The molecule has 0 saturated carbocycles. The van der Waals surface area contributed by atoms with Gasteiger partial charge in [0.15, 0.2) is 0 Å². The Hall–Kier alpha value is -0.340. The van der Waals surface area contributed by atoms with E-state index in [1.54, 1.807) is 0 Å². The minimum Gasteiger partial charge on any atom is -0.726 e. The first kappa shape index (κ1) is 27.9. The fourth-order valence-corrected chi connectivity index (χ4v) is 1.34. The second kappa shape index (κ2) is 12.4. The van der Waals surface area contributed by atoms with Crippen LogP contribution in [-0.2, 0) is 20.8 Å². The molecule has 0 unspecified atom stereocenters. The summed E-state index contributed by atoms with van der Waals surface area (Å²) in [6.45, 7) is 14.2. The van der Waals surface area contributed by atoms with E-state index in [1.165, 1.54) is 30.7 Å². The maximum absolute atomic E-state index is 8.74. The highest BCUT2D eigenvalue weighted by Crippen LogP contribution is 2.03. The molecule has 0 aromatic carbocycles. The van der Waals surface area contributed by atoms with Crippen molar-refractivity contribution >= 4 is 20.8 Å². The SMILES string of the molecule is CC[N+](CC)(CC)CC.O.O=S(=O)(O)O.O=S(=O)([O-])O. The number of nitrogens with zero attached hydrogens (tertiary/aromatic N) is 1. The highest BCUT2D eigenvalue weighted by molar-refractivity contribution is 7.80. The third kappa shape index (κ3) is 36.1. The van der Waals surface area contributed by atoms with Gasteiger partial charge >= 0.3 is 10.4 Å². The van der Waals surface area contributed by atoms with Gasteiger partial charge in [0.1, 0.15) is 0 Å². The van der Waals surface area contributed by atoms with Crippen molar-refractivity contribution in [1.29, 1.82) is 0 Å². The lowest BCUT2D eigenvalue weighted by molar-refractivity contribution is -0.921. The molecule has 20 heavy (non-hydrogen) atoms. The van der Waals surface area contributed by atoms with Crippen LogP contribution in [-0.4, -0.2) is 71.2 Å². The van der Waals surface area contributed by atoms with Gasteiger partial charge in [0.25, 0.3) is 0 Å². The smallest absolute Gasteiger partial charge is 0.394 e. The van der Waals surface area contributed by atoms with Crippen molar-refractivity contribution in [3.05, 3.63) is 0 Å². The molecule has 0 atom stereocenters. The topological polar surface area (TPSA) is 184 Å². The van der Waals surface area contributed by atoms with E-state index in [0.717, 1.165) is 0 Å². The molecule has 0 aliphatic rings. The van der Waals surface area contributed by atoms with Crippen LogP contribution in [0.25, 0.3) is 0 Å². The van der Waals surface area contributed by atoms with Gasteiger partial charge in [-0.05, 0) is 27.7 Å². The summed E-state index contributed by atoms with van der Waals surface area (Å²) in [7, 11) is -9.58. The maximum atomic E-state index is 8.74. The number of quaternary nitrogens is 1. The Morgan fingerprint density at radius 2 is 0.900 bits per heavy atom. The van der Waals surface area contributed by atoms with Crippen LogP contribution in [0.1, 0.15) is 27.7 Å². The summed E-state index contributed by atoms with van der Waals surface area (Å²) in [6, 6.07) is 0. The Balaban J connectivity index is -0.000000101. The Morgan fingerprint density at radius 3 is 0.900 bits per heavy atom. The molecule has 12 heteroatoms. The standard InChI is InChI=1S/C8H20N.2H2O4S.H2O/c1-5-9(6-2,7-3)8-4;2*1-5(2,3)4;/h5-8H2,1-4H3;2*(H2,1,2,3,4);1H2/q+1;;;/p-1. The zero-order chi connectivity index (χ0) is 16.3. The van der Waals surface area contributed by atoms with Gasteiger partial charge in [-0.15, -0.1) is 0 Å². The highest BCUT2D eigenvalue weighted by atomic mass is 32.3. The molecule has 0 aromatic rings. The minimum atomic E-state index is -4.92. The second-order valence-corrected chi connectivity index (χ2v) is 5.23. The first-order chi connectivity index (χ1) is 8.24. The molecule has 5 N–H and O–H groups in total. The lowest BCUT2D eigenvalue weighted by Gasteiger charge is -2.34. The highest BCUT2D eigenvalue weighted by Gasteiger charge is 2.16. The Kier molecular flexibility index (Phi) is 17.3. The van der Waals surface area contributed by atoms with Crippen molar-refractivity contribution < 1.29 is 45.0 Å². The summed E-state index contributed by atoms with van der Waals surface area (Å²) >= 11 is 0. The predicted molar refractivity (Wildman–Crippen MR) is 72.5 cm³/mol. The summed E-state index contributed by atoms with van der Waals surface area (Å²) in [5.74, 6) is 0. The minimum absolute atomic E-state index is 0. The molecule has 0 bridgehead atoms. The summed E-state index contributed by atoms with van der Waals surface area (Å²) < 4.78 is 65.7. The summed E-state index contributed by atoms with van der Waals surface area (Å²) in [6.07, 6.45) is 0. The van der Waals surface area contributed by atoms with Crippen molar-refractivity contribution in [1.82, 2.24) is 0 Å². The lowest BCUT2D eigenvalue weighted by Crippen LogP contribution is -2.47. The van der Waals surface area contributed by atoms with Gasteiger partial charge in [-0.1, -0.05) is 0 Å². The third-order valence-electron chi connectivity index (χ3n) is 2.68. The molecule has 10 nitrogen and oxygen atoms in total. The van der Waals surface area contributed by atoms with Gasteiger partial charge in [-0.2, -0.15) is 8.42 Å². The van der Waals surface area contributed by atoms with Crippen molar-refractivity contribution in [2.45, 2.75) is 27.7 Å². The predicted octanol–water partition coefficient (Wildman–Crippen LogP) is -0.590. The first-order valence-electron chi connectivity index (χ1n) is 5.47. The van der Waals surface area contributed by atoms with Crippen LogP contribution < -0.4 is 0 Å². The van der Waals surface area contributed by atoms with E-state index < -0.39 is 20.8 Å². The van der Waals surface area contributed by atoms with Crippen molar-refractivity contribution in [2.75, 3.05) is 26.2 Å². The second-order valence-electron chi connectivity index (χ2n) is 3.48. The van der Waals surface area contributed by atoms with Crippen molar-refractivity contribution in [3.63, 3.8) is 0 Å². The molecule has 0 heterocycles. The summed E-state index contributed by atoms with van der Waals surface area (Å²) in [5, 5.41) is 0. The fraction of sp³-hybridized carbons (Fsp3) is 1.00. The van der Waals surface area contributed by atoms with Gasteiger partial charge in [0.2, 0.25) is 10.4 Å². The molecule has 0 aliphatic heterocycles. The number of hydrogen-bond donors (Lipinski definition) is 3. The molecule has 0 saturated heterocycles. The van der Waals surface area contributed by atoms with Crippen LogP contribution >= 0.6 is 0 Å². The molecule has 0 rings (SSSR count). The molecule has 0 radical (unpaired) electrons. The van der Waals surface area contributed by atoms with Gasteiger partial charge < -0.3 is 14.5 Å². The molecular weight excluding hydrogens is 318 g/mol. The number of rotatable bonds is 4. The zero-order valence-electron chi connectivity index (χ0n) is 12.0. The maximum Gasteiger partial charge on any atom is 0.394 e. The molecule has 0 aliphatic carbocycles. The van der Waals surface area contributed by atoms with Gasteiger partial charge in [0, 0.05) is 0 Å². The van der Waals surface area contributed by atoms with Crippen molar-refractivity contribution in [2.24, 2.45) is 0 Å². The molecule has 128 valence electrons. The largest absolute Gasteiger partial charge is 0.726 e. The Bertz CT molecular complexity index is 336. The van der Waals surface area contributed by atoms with Crippen LogP contribution in [0.2, 0.25) is 0 Å². The van der Waals surface area contributed by atoms with Crippen LogP contribution in [0.15, 0.2) is 0 Å². The molecule has 0 fully saturated rings. The summed E-state index contributed by atoms with van der Waals surface area (Å²) in [4.78, 5) is 0. The first-order valence-corrected chi connectivity index (χ1v) is 8.24. The van der Waals surface area contributed by atoms with Crippen LogP contribution in [0.3, 0.4) is 0 Å². The average Bonchev–Trinajstić information content (AvgIpc) is 2.17. The molecule has 0 aromatic heterocycles. The van der Waals surface area contributed by atoms with E-state index in [0.29, 0.717) is 0 Å². The average molecular weight is 343 g/mol. The van der Waals surface area contributed by atoms with E-state index in [1.807, 2.05) is 0 Å². The van der Waals surface area contributed by atoms with Gasteiger partial charge in [-0.25, -0.2) is 8.42 Å². The molecule has 0 amide bonds. The van der Waals surface area contributed by atoms with E-state index in [-0.39, 0.29) is 5.48 Å².